The Morgan fingerprint density at radius 3 is 2.60 bits per heavy atom. The Hall–Kier alpha value is -2.95. The van der Waals surface area contributed by atoms with Crippen LogP contribution in [0.2, 0.25) is 0 Å². The van der Waals surface area contributed by atoms with E-state index in [9.17, 15) is 9.90 Å². The second-order valence-corrected chi connectivity index (χ2v) is 7.40. The van der Waals surface area contributed by atoms with E-state index in [0.717, 1.165) is 19.3 Å². The molecule has 0 aliphatic heterocycles. The minimum absolute atomic E-state index is 0.0286. The first-order chi connectivity index (χ1) is 14.4. The van der Waals surface area contributed by atoms with Crippen LogP contribution < -0.4 is 15.1 Å². The first-order valence-electron chi connectivity index (χ1n) is 10.4. The van der Waals surface area contributed by atoms with Gasteiger partial charge >= 0.3 is 5.63 Å². The van der Waals surface area contributed by atoms with Crippen molar-refractivity contribution >= 4 is 11.0 Å². The number of ether oxygens (including phenoxy) is 2. The lowest BCUT2D eigenvalue weighted by Gasteiger charge is -2.13. The number of phenols is 1. The van der Waals surface area contributed by atoms with E-state index in [-0.39, 0.29) is 23.7 Å². The molecule has 0 aliphatic carbocycles. The third-order valence-corrected chi connectivity index (χ3v) is 4.51. The molecule has 162 valence electrons. The van der Waals surface area contributed by atoms with Crippen LogP contribution in [0.15, 0.2) is 62.9 Å². The molecule has 0 spiro atoms. The van der Waals surface area contributed by atoms with Crippen molar-refractivity contribution in [3.63, 3.8) is 0 Å². The van der Waals surface area contributed by atoms with Gasteiger partial charge in [0.1, 0.15) is 6.61 Å². The highest BCUT2D eigenvalue weighted by Crippen LogP contribution is 2.36. The van der Waals surface area contributed by atoms with Crippen LogP contribution in [0, 0.1) is 0 Å². The van der Waals surface area contributed by atoms with Crippen LogP contribution in [-0.4, -0.2) is 18.3 Å². The van der Waals surface area contributed by atoms with E-state index in [1.807, 2.05) is 19.1 Å². The molecule has 5 nitrogen and oxygen atoms in total. The Labute approximate surface area is 178 Å². The normalized spacial score (nSPS) is 11.8. The number of hydrogen-bond acceptors (Lipinski definition) is 5. The number of phenolic OH excluding ortho intramolecular Hbond substituents is 1. The molecule has 0 radical (unpaired) electrons. The number of fused-ring (bicyclic) bond motifs is 1. The molecule has 0 fully saturated rings. The Kier molecular flexibility index (Phi) is 9.26. The fourth-order valence-electron chi connectivity index (χ4n) is 2.90. The predicted octanol–water partition coefficient (Wildman–Crippen LogP) is 6.31. The molecule has 0 saturated heterocycles. The molecule has 0 unspecified atom stereocenters. The highest BCUT2D eigenvalue weighted by Gasteiger charge is 2.19. The molecule has 1 N–H and O–H groups in total. The average molecular weight is 413 g/mol. The van der Waals surface area contributed by atoms with Crippen molar-refractivity contribution in [2.45, 2.75) is 53.4 Å². The maximum Gasteiger partial charge on any atom is 0.383 e. The molecule has 0 aliphatic rings. The first-order valence-corrected chi connectivity index (χ1v) is 10.4. The molecular formula is C25H32O5. The zero-order valence-electron chi connectivity index (χ0n) is 18.4. The Morgan fingerprint density at radius 1 is 1.07 bits per heavy atom. The zero-order valence-corrected chi connectivity index (χ0v) is 18.4. The molecule has 30 heavy (non-hydrogen) atoms. The highest BCUT2D eigenvalue weighted by atomic mass is 16.5. The van der Waals surface area contributed by atoms with Crippen LogP contribution in [0.5, 0.6) is 17.2 Å². The minimum Gasteiger partial charge on any atom is -0.504 e. The summed E-state index contributed by atoms with van der Waals surface area (Å²) in [4.78, 5) is 12.5. The molecule has 0 amide bonds. The topological polar surface area (TPSA) is 68.9 Å². The summed E-state index contributed by atoms with van der Waals surface area (Å²) in [6.07, 6.45) is 11.8. The standard InChI is InChI=1S/C25H32O5/c1-5-6-7-8-16-28-23-20-13-10-14-21(26)22(20)30-25(27)24(23)29-17-15-19(4)12-9-11-18(2)3/h6-7,10-11,13-15,26H,5,8-9,12,16-17H2,1-4H3/b7-6+,19-15+. The maximum absolute atomic E-state index is 12.5. The third-order valence-electron chi connectivity index (χ3n) is 4.51. The van der Waals surface area contributed by atoms with Crippen molar-refractivity contribution in [1.82, 2.24) is 0 Å². The summed E-state index contributed by atoms with van der Waals surface area (Å²) in [5.74, 6) is 0.223. The van der Waals surface area contributed by atoms with Gasteiger partial charge < -0.3 is 19.0 Å². The number of rotatable bonds is 11. The molecule has 0 bridgehead atoms. The average Bonchev–Trinajstić information content (AvgIpc) is 2.70. The Balaban J connectivity index is 2.23. The zero-order chi connectivity index (χ0) is 21.9. The molecule has 2 aromatic rings. The van der Waals surface area contributed by atoms with Crippen molar-refractivity contribution in [1.29, 1.82) is 0 Å². The van der Waals surface area contributed by atoms with Crippen molar-refractivity contribution in [3.05, 3.63) is 64.1 Å². The summed E-state index contributed by atoms with van der Waals surface area (Å²) >= 11 is 0. The number of benzene rings is 1. The highest BCUT2D eigenvalue weighted by molar-refractivity contribution is 5.89. The lowest BCUT2D eigenvalue weighted by atomic mass is 10.1. The minimum atomic E-state index is -0.668. The molecule has 1 aromatic heterocycles. The lowest BCUT2D eigenvalue weighted by molar-refractivity contribution is 0.279. The van der Waals surface area contributed by atoms with Gasteiger partial charge in [0.05, 0.1) is 12.0 Å². The third kappa shape index (κ3) is 6.83. The summed E-state index contributed by atoms with van der Waals surface area (Å²) < 4.78 is 17.0. The number of allylic oxidation sites excluding steroid dienone is 4. The van der Waals surface area contributed by atoms with Crippen LogP contribution in [-0.2, 0) is 0 Å². The van der Waals surface area contributed by atoms with Crippen LogP contribution in [0.3, 0.4) is 0 Å². The maximum atomic E-state index is 12.5. The molecule has 5 heteroatoms. The fraction of sp³-hybridized carbons (Fsp3) is 0.400. The van der Waals surface area contributed by atoms with Gasteiger partial charge in [0, 0.05) is 0 Å². The number of aromatic hydroxyl groups is 1. The molecule has 0 saturated carbocycles. The van der Waals surface area contributed by atoms with Crippen molar-refractivity contribution < 1.29 is 19.0 Å². The van der Waals surface area contributed by atoms with E-state index in [0.29, 0.717) is 24.2 Å². The molecule has 1 aromatic carbocycles. The molecule has 0 atom stereocenters. The van der Waals surface area contributed by atoms with Gasteiger partial charge in [-0.05, 0) is 64.7 Å². The summed E-state index contributed by atoms with van der Waals surface area (Å²) in [6, 6.07) is 4.89. The van der Waals surface area contributed by atoms with E-state index in [2.05, 4.69) is 32.9 Å². The van der Waals surface area contributed by atoms with Crippen molar-refractivity contribution in [2.75, 3.05) is 13.2 Å². The van der Waals surface area contributed by atoms with Gasteiger partial charge in [-0.15, -0.1) is 0 Å². The largest absolute Gasteiger partial charge is 0.504 e. The quantitative estimate of drug-likeness (QED) is 0.266. The van der Waals surface area contributed by atoms with E-state index in [1.165, 1.54) is 17.2 Å². The van der Waals surface area contributed by atoms with Crippen LogP contribution >= 0.6 is 0 Å². The van der Waals surface area contributed by atoms with E-state index in [4.69, 9.17) is 13.9 Å². The van der Waals surface area contributed by atoms with Crippen molar-refractivity contribution in [3.8, 4) is 17.2 Å². The molecule has 2 rings (SSSR count). The van der Waals surface area contributed by atoms with Gasteiger partial charge in [0.25, 0.3) is 0 Å². The van der Waals surface area contributed by atoms with Gasteiger partial charge in [0.15, 0.2) is 17.1 Å². The summed E-state index contributed by atoms with van der Waals surface area (Å²) in [5.41, 5.74) is 1.91. The van der Waals surface area contributed by atoms with Gasteiger partial charge in [0.2, 0.25) is 5.75 Å². The van der Waals surface area contributed by atoms with Crippen LogP contribution in [0.25, 0.3) is 11.0 Å². The van der Waals surface area contributed by atoms with E-state index >= 15 is 0 Å². The lowest BCUT2D eigenvalue weighted by Crippen LogP contribution is -2.11. The summed E-state index contributed by atoms with van der Waals surface area (Å²) in [5, 5.41) is 10.6. The predicted molar refractivity (Wildman–Crippen MR) is 122 cm³/mol. The number of para-hydroxylation sites is 1. The second-order valence-electron chi connectivity index (χ2n) is 7.40. The smallest absolute Gasteiger partial charge is 0.383 e. The van der Waals surface area contributed by atoms with Gasteiger partial charge in [-0.3, -0.25) is 0 Å². The van der Waals surface area contributed by atoms with Gasteiger partial charge in [-0.25, -0.2) is 4.79 Å². The monoisotopic (exact) mass is 412 g/mol. The molecule has 1 heterocycles. The fourth-order valence-corrected chi connectivity index (χ4v) is 2.90. The first kappa shape index (κ1) is 23.3. The summed E-state index contributed by atoms with van der Waals surface area (Å²) in [6.45, 7) is 8.90. The van der Waals surface area contributed by atoms with Crippen LogP contribution in [0.1, 0.15) is 53.4 Å². The van der Waals surface area contributed by atoms with E-state index < -0.39 is 5.63 Å². The van der Waals surface area contributed by atoms with Gasteiger partial charge in [-0.1, -0.05) is 42.4 Å². The van der Waals surface area contributed by atoms with Crippen LogP contribution in [0.4, 0.5) is 0 Å². The Morgan fingerprint density at radius 2 is 1.87 bits per heavy atom. The second kappa shape index (κ2) is 11.9. The molecular weight excluding hydrogens is 380 g/mol. The van der Waals surface area contributed by atoms with E-state index in [1.54, 1.807) is 12.1 Å². The number of hydrogen-bond donors (Lipinski definition) is 1. The Bertz CT molecular complexity index is 975. The summed E-state index contributed by atoms with van der Waals surface area (Å²) in [7, 11) is 0. The van der Waals surface area contributed by atoms with Crippen molar-refractivity contribution in [2.24, 2.45) is 0 Å². The SMILES string of the molecule is CC/C=C/CCOc1c(OC/C=C(\C)CCC=C(C)C)c(=O)oc2c(O)cccc12. The van der Waals surface area contributed by atoms with Gasteiger partial charge in [-0.2, -0.15) is 0 Å².